The van der Waals surface area contributed by atoms with Crippen molar-refractivity contribution >= 4 is 17.2 Å². The van der Waals surface area contributed by atoms with Crippen molar-refractivity contribution < 1.29 is 18.9 Å². The van der Waals surface area contributed by atoms with Crippen LogP contribution in [0.4, 0.5) is 20.2 Å². The summed E-state index contributed by atoms with van der Waals surface area (Å²) >= 11 is 0. The van der Waals surface area contributed by atoms with Gasteiger partial charge >= 0.3 is 0 Å². The molecule has 9 heteroatoms. The van der Waals surface area contributed by atoms with E-state index in [1.165, 1.54) is 19.2 Å². The number of nitro benzene ring substituents is 1. The van der Waals surface area contributed by atoms with Crippen molar-refractivity contribution in [2.75, 3.05) is 18.5 Å². The number of oxime groups is 1. The monoisotopic (exact) mass is 274 g/mol. The molecule has 0 aromatic heterocycles. The molecule has 0 aliphatic rings. The fourth-order valence-corrected chi connectivity index (χ4v) is 1.51. The summed E-state index contributed by atoms with van der Waals surface area (Å²) in [4.78, 5) is 11.3. The van der Waals surface area contributed by atoms with Gasteiger partial charge in [0, 0.05) is 18.7 Å². The van der Waals surface area contributed by atoms with Crippen LogP contribution in [0.1, 0.15) is 5.56 Å². The minimum Gasteiger partial charge on any atom is -0.409 e. The lowest BCUT2D eigenvalue weighted by molar-refractivity contribution is -0.384. The summed E-state index contributed by atoms with van der Waals surface area (Å²) < 4.78 is 24.6. The fourth-order valence-electron chi connectivity index (χ4n) is 1.51. The van der Waals surface area contributed by atoms with E-state index < -0.39 is 23.6 Å². The zero-order valence-corrected chi connectivity index (χ0v) is 9.96. The summed E-state index contributed by atoms with van der Waals surface area (Å²) in [5.41, 5.74) is 5.07. The Hall–Kier alpha value is -2.45. The lowest BCUT2D eigenvalue weighted by Gasteiger charge is -2.18. The second-order valence-corrected chi connectivity index (χ2v) is 3.72. The number of rotatable bonds is 5. The summed E-state index contributed by atoms with van der Waals surface area (Å²) in [5, 5.41) is 22.1. The molecule has 0 aliphatic heterocycles. The molecular formula is C10H12F2N4O3. The molecule has 0 unspecified atom stereocenters. The van der Waals surface area contributed by atoms with Crippen molar-refractivity contribution in [1.82, 2.24) is 0 Å². The quantitative estimate of drug-likeness (QED) is 0.277. The largest absolute Gasteiger partial charge is 0.409 e. The number of alkyl halides is 2. The molecule has 7 nitrogen and oxygen atoms in total. The highest BCUT2D eigenvalue weighted by atomic mass is 19.3. The van der Waals surface area contributed by atoms with Gasteiger partial charge in [-0.15, -0.1) is 0 Å². The first-order chi connectivity index (χ1) is 8.86. The van der Waals surface area contributed by atoms with Crippen molar-refractivity contribution in [2.45, 2.75) is 6.43 Å². The molecule has 0 bridgehead atoms. The number of anilines is 1. The average molecular weight is 274 g/mol. The molecule has 1 rings (SSSR count). The molecule has 0 radical (unpaired) electrons. The first kappa shape index (κ1) is 14.6. The number of hydrogen-bond donors (Lipinski definition) is 2. The molecular weight excluding hydrogens is 262 g/mol. The van der Waals surface area contributed by atoms with E-state index >= 15 is 0 Å². The maximum atomic E-state index is 12.3. The highest BCUT2D eigenvalue weighted by Crippen LogP contribution is 2.28. The Morgan fingerprint density at radius 1 is 1.63 bits per heavy atom. The van der Waals surface area contributed by atoms with Gasteiger partial charge in [0.2, 0.25) is 0 Å². The van der Waals surface area contributed by atoms with Gasteiger partial charge in [-0.1, -0.05) is 5.16 Å². The zero-order valence-electron chi connectivity index (χ0n) is 9.96. The van der Waals surface area contributed by atoms with Gasteiger partial charge < -0.3 is 15.8 Å². The first-order valence-corrected chi connectivity index (χ1v) is 5.12. The molecule has 0 spiro atoms. The number of halogens is 2. The molecule has 0 aliphatic carbocycles. The number of hydrogen-bond acceptors (Lipinski definition) is 5. The van der Waals surface area contributed by atoms with Crippen LogP contribution in [-0.4, -0.2) is 36.0 Å². The van der Waals surface area contributed by atoms with Gasteiger partial charge in [0.25, 0.3) is 12.1 Å². The van der Waals surface area contributed by atoms with Crippen LogP contribution < -0.4 is 10.6 Å². The number of nitrogens with zero attached hydrogens (tertiary/aromatic N) is 3. The Morgan fingerprint density at radius 2 is 2.26 bits per heavy atom. The van der Waals surface area contributed by atoms with Crippen molar-refractivity contribution in [1.29, 1.82) is 0 Å². The Balaban J connectivity index is 3.22. The van der Waals surface area contributed by atoms with Gasteiger partial charge in [-0.3, -0.25) is 10.1 Å². The fraction of sp³-hybridized carbons (Fsp3) is 0.300. The molecule has 0 saturated heterocycles. The van der Waals surface area contributed by atoms with Crippen LogP contribution in [0.25, 0.3) is 0 Å². The highest BCUT2D eigenvalue weighted by Gasteiger charge is 2.20. The van der Waals surface area contributed by atoms with Crippen LogP contribution in [-0.2, 0) is 0 Å². The van der Waals surface area contributed by atoms with E-state index in [9.17, 15) is 18.9 Å². The molecule has 0 amide bonds. The van der Waals surface area contributed by atoms with Crippen molar-refractivity contribution in [3.8, 4) is 0 Å². The maximum Gasteiger partial charge on any atom is 0.293 e. The van der Waals surface area contributed by atoms with Crippen LogP contribution in [0.5, 0.6) is 0 Å². The van der Waals surface area contributed by atoms with Gasteiger partial charge in [0.15, 0.2) is 5.84 Å². The van der Waals surface area contributed by atoms with Crippen molar-refractivity contribution in [2.24, 2.45) is 10.9 Å². The van der Waals surface area contributed by atoms with Crippen LogP contribution in [0.3, 0.4) is 0 Å². The van der Waals surface area contributed by atoms with Crippen LogP contribution in [0, 0.1) is 10.1 Å². The van der Waals surface area contributed by atoms with Gasteiger partial charge in [-0.2, -0.15) is 0 Å². The minimum atomic E-state index is -2.62. The van der Waals surface area contributed by atoms with E-state index in [4.69, 9.17) is 10.9 Å². The lowest BCUT2D eigenvalue weighted by atomic mass is 10.1. The standard InChI is InChI=1S/C10H12F2N4O3/c1-15(5-9(11)12)7-3-2-6(10(13)14-17)4-8(7)16(18)19/h2-4,9,17H,5H2,1H3,(H2,13,14). The van der Waals surface area contributed by atoms with Gasteiger partial charge in [0.1, 0.15) is 5.69 Å². The Kier molecular flexibility index (Phi) is 4.56. The zero-order chi connectivity index (χ0) is 14.6. The molecule has 19 heavy (non-hydrogen) atoms. The minimum absolute atomic E-state index is 0.0276. The molecule has 0 heterocycles. The highest BCUT2D eigenvalue weighted by molar-refractivity contribution is 5.98. The lowest BCUT2D eigenvalue weighted by Crippen LogP contribution is -2.25. The molecule has 3 N–H and O–H groups in total. The van der Waals surface area contributed by atoms with Crippen LogP contribution in [0.2, 0.25) is 0 Å². The van der Waals surface area contributed by atoms with Crippen LogP contribution in [0.15, 0.2) is 23.4 Å². The molecule has 0 atom stereocenters. The second kappa shape index (κ2) is 5.94. The average Bonchev–Trinajstić information content (AvgIpc) is 2.36. The Labute approximate surface area is 107 Å². The van der Waals surface area contributed by atoms with E-state index in [0.717, 1.165) is 11.0 Å². The molecule has 1 aromatic rings. The van der Waals surface area contributed by atoms with E-state index in [0.29, 0.717) is 0 Å². The summed E-state index contributed by atoms with van der Waals surface area (Å²) in [6, 6.07) is 3.68. The predicted octanol–water partition coefficient (Wildman–Crippen LogP) is 1.39. The number of nitrogens with two attached hydrogens (primary N) is 1. The summed E-state index contributed by atoms with van der Waals surface area (Å²) in [5.74, 6) is -0.300. The molecule has 1 aromatic carbocycles. The Bertz CT molecular complexity index is 508. The summed E-state index contributed by atoms with van der Waals surface area (Å²) in [6.07, 6.45) is -2.62. The van der Waals surface area contributed by atoms with Crippen molar-refractivity contribution in [3.05, 3.63) is 33.9 Å². The predicted molar refractivity (Wildman–Crippen MR) is 64.9 cm³/mol. The van der Waals surface area contributed by atoms with Gasteiger partial charge in [0.05, 0.1) is 11.5 Å². The van der Waals surface area contributed by atoms with Crippen molar-refractivity contribution in [3.63, 3.8) is 0 Å². The maximum absolute atomic E-state index is 12.3. The molecule has 0 fully saturated rings. The number of nitro groups is 1. The SMILES string of the molecule is CN(CC(F)F)c1ccc(/C(N)=N/O)cc1[N+](=O)[O-]. The van der Waals surface area contributed by atoms with E-state index in [2.05, 4.69) is 5.16 Å². The summed E-state index contributed by atoms with van der Waals surface area (Å²) in [7, 11) is 1.32. The third-order valence-corrected chi connectivity index (χ3v) is 2.40. The topological polar surface area (TPSA) is 105 Å². The van der Waals surface area contributed by atoms with Gasteiger partial charge in [-0.25, -0.2) is 8.78 Å². The number of amidine groups is 1. The molecule has 0 saturated carbocycles. The van der Waals surface area contributed by atoms with E-state index in [-0.39, 0.29) is 17.1 Å². The molecule has 104 valence electrons. The smallest absolute Gasteiger partial charge is 0.293 e. The first-order valence-electron chi connectivity index (χ1n) is 5.12. The summed E-state index contributed by atoms with van der Waals surface area (Å²) in [6.45, 7) is -0.635. The van der Waals surface area contributed by atoms with E-state index in [1.54, 1.807) is 0 Å². The third-order valence-electron chi connectivity index (χ3n) is 2.40. The number of benzene rings is 1. The second-order valence-electron chi connectivity index (χ2n) is 3.72. The van der Waals surface area contributed by atoms with Gasteiger partial charge in [-0.05, 0) is 12.1 Å². The third kappa shape index (κ3) is 3.50. The normalized spacial score (nSPS) is 11.7. The Morgan fingerprint density at radius 3 is 2.74 bits per heavy atom. The van der Waals surface area contributed by atoms with E-state index in [1.807, 2.05) is 0 Å². The van der Waals surface area contributed by atoms with Crippen LogP contribution >= 0.6 is 0 Å².